The average molecular weight is 408 g/mol. The van der Waals surface area contributed by atoms with Crippen LogP contribution in [-0.4, -0.2) is 63.3 Å². The van der Waals surface area contributed by atoms with E-state index >= 15 is 0 Å². The van der Waals surface area contributed by atoms with Gasteiger partial charge < -0.3 is 24.8 Å². The summed E-state index contributed by atoms with van der Waals surface area (Å²) in [5.74, 6) is 0.0777. The molecule has 1 fully saturated rings. The van der Waals surface area contributed by atoms with Gasteiger partial charge in [-0.25, -0.2) is 0 Å². The van der Waals surface area contributed by atoms with Gasteiger partial charge in [-0.1, -0.05) is 12.1 Å². The molecule has 2 aromatic rings. The number of hydrogen-bond acceptors (Lipinski definition) is 9. The fourth-order valence-electron chi connectivity index (χ4n) is 2.72. The first kappa shape index (κ1) is 20.2. The zero-order valence-corrected chi connectivity index (χ0v) is 15.0. The Hall–Kier alpha value is -2.59. The van der Waals surface area contributed by atoms with Crippen molar-refractivity contribution in [1.82, 2.24) is 4.98 Å². The van der Waals surface area contributed by atoms with E-state index in [1.807, 2.05) is 6.07 Å². The zero-order chi connectivity index (χ0) is 20.5. The van der Waals surface area contributed by atoms with Crippen molar-refractivity contribution in [2.24, 2.45) is 0 Å². The summed E-state index contributed by atoms with van der Waals surface area (Å²) in [6.45, 7) is 0. The van der Waals surface area contributed by atoms with E-state index in [1.165, 1.54) is 12.4 Å². The largest absolute Gasteiger partial charge is 0.460 e. The molecular formula is C17H16N2O8S. The van der Waals surface area contributed by atoms with Crippen LogP contribution in [-0.2, 0) is 14.9 Å². The molecule has 1 aromatic carbocycles. The minimum atomic E-state index is -4.90. The summed E-state index contributed by atoms with van der Waals surface area (Å²) in [6, 6.07) is 10.0. The predicted octanol–water partition coefficient (Wildman–Crippen LogP) is -0.348. The summed E-state index contributed by atoms with van der Waals surface area (Å²) in [4.78, 5) is 3.90. The van der Waals surface area contributed by atoms with E-state index in [-0.39, 0.29) is 5.75 Å². The number of rotatable bonds is 4. The molecule has 1 unspecified atom stereocenters. The van der Waals surface area contributed by atoms with E-state index in [2.05, 4.69) is 4.98 Å². The second kappa shape index (κ2) is 7.80. The Kier molecular flexibility index (Phi) is 5.61. The molecule has 148 valence electrons. The van der Waals surface area contributed by atoms with E-state index in [9.17, 15) is 28.3 Å². The minimum absolute atomic E-state index is 0.0777. The lowest BCUT2D eigenvalue weighted by molar-refractivity contribution is -0.254. The van der Waals surface area contributed by atoms with Gasteiger partial charge in [-0.15, -0.1) is 0 Å². The van der Waals surface area contributed by atoms with Crippen LogP contribution in [0.25, 0.3) is 11.1 Å². The third-order valence-corrected chi connectivity index (χ3v) is 5.15. The Labute approximate surface area is 160 Å². The number of nitriles is 1. The zero-order valence-electron chi connectivity index (χ0n) is 14.2. The van der Waals surface area contributed by atoms with Crippen molar-refractivity contribution in [2.45, 2.75) is 30.0 Å². The normalized spacial score (nSPS) is 27.8. The summed E-state index contributed by atoms with van der Waals surface area (Å²) in [7, 11) is -4.90. The molecule has 1 aromatic heterocycles. The molecule has 10 nitrogen and oxygen atoms in total. The molecular weight excluding hydrogens is 392 g/mol. The van der Waals surface area contributed by atoms with Gasteiger partial charge in [-0.2, -0.15) is 13.7 Å². The van der Waals surface area contributed by atoms with E-state index in [0.717, 1.165) is 0 Å². The number of benzene rings is 1. The summed E-state index contributed by atoms with van der Waals surface area (Å²) in [5.41, 5.74) is -0.640. The molecule has 0 bridgehead atoms. The van der Waals surface area contributed by atoms with Crippen molar-refractivity contribution in [3.8, 4) is 22.9 Å². The average Bonchev–Trinajstić information content (AvgIpc) is 2.68. The van der Waals surface area contributed by atoms with E-state index in [4.69, 9.17) is 14.7 Å². The van der Waals surface area contributed by atoms with Gasteiger partial charge in [-0.05, 0) is 23.8 Å². The number of nitrogens with zero attached hydrogens (tertiary/aromatic N) is 2. The van der Waals surface area contributed by atoms with E-state index in [0.29, 0.717) is 16.7 Å². The van der Waals surface area contributed by atoms with Crippen molar-refractivity contribution >= 4 is 10.1 Å². The van der Waals surface area contributed by atoms with Crippen LogP contribution in [0, 0.1) is 11.3 Å². The standard InChI is InChI=1S/C17H16N2O8S/c18-7-9-1-3-10(4-2-9)11-5-6-19-8-12(11)26-16-14(21)13(20)15(22)17(27-16)28(23,24)25/h1-6,8,13-17,20-22H,(H,23,24,25)/t13-,14-,15+,16-,17?/m1/s1. The highest BCUT2D eigenvalue weighted by atomic mass is 32.2. The maximum absolute atomic E-state index is 11.4. The van der Waals surface area contributed by atoms with Crippen molar-refractivity contribution in [2.75, 3.05) is 0 Å². The van der Waals surface area contributed by atoms with Gasteiger partial charge in [0, 0.05) is 11.8 Å². The molecule has 1 saturated heterocycles. The quantitative estimate of drug-likeness (QED) is 0.490. The molecule has 1 aliphatic rings. The van der Waals surface area contributed by atoms with Crippen LogP contribution in [0.1, 0.15) is 5.56 Å². The number of ether oxygens (including phenoxy) is 2. The van der Waals surface area contributed by atoms with Crippen LogP contribution in [0.15, 0.2) is 42.7 Å². The molecule has 4 N–H and O–H groups in total. The third-order valence-electron chi connectivity index (χ3n) is 4.17. The van der Waals surface area contributed by atoms with Crippen LogP contribution in [0.4, 0.5) is 0 Å². The van der Waals surface area contributed by atoms with Gasteiger partial charge in [0.05, 0.1) is 17.8 Å². The summed E-state index contributed by atoms with van der Waals surface area (Å²) < 4.78 is 42.4. The first-order valence-corrected chi connectivity index (χ1v) is 9.50. The summed E-state index contributed by atoms with van der Waals surface area (Å²) >= 11 is 0. The number of aromatic nitrogens is 1. The van der Waals surface area contributed by atoms with Crippen LogP contribution in [0.3, 0.4) is 0 Å². The van der Waals surface area contributed by atoms with Crippen molar-refractivity contribution in [3.63, 3.8) is 0 Å². The lowest BCUT2D eigenvalue weighted by Gasteiger charge is -2.38. The number of aliphatic hydroxyl groups excluding tert-OH is 3. The number of hydrogen-bond donors (Lipinski definition) is 4. The topological polar surface area (TPSA) is 170 Å². The predicted molar refractivity (Wildman–Crippen MR) is 93.2 cm³/mol. The fourth-order valence-corrected chi connectivity index (χ4v) is 3.49. The van der Waals surface area contributed by atoms with Crippen molar-refractivity contribution in [3.05, 3.63) is 48.3 Å². The van der Waals surface area contributed by atoms with E-state index in [1.54, 1.807) is 30.3 Å². The maximum Gasteiger partial charge on any atom is 0.295 e. The minimum Gasteiger partial charge on any atom is -0.460 e. The first-order valence-electron chi connectivity index (χ1n) is 7.99. The van der Waals surface area contributed by atoms with Crippen molar-refractivity contribution < 1.29 is 37.8 Å². The van der Waals surface area contributed by atoms with Crippen LogP contribution < -0.4 is 4.74 Å². The molecule has 28 heavy (non-hydrogen) atoms. The second-order valence-corrected chi connectivity index (χ2v) is 7.53. The highest BCUT2D eigenvalue weighted by molar-refractivity contribution is 7.86. The number of pyridine rings is 1. The van der Waals surface area contributed by atoms with Gasteiger partial charge >= 0.3 is 0 Å². The lowest BCUT2D eigenvalue weighted by Crippen LogP contribution is -2.61. The molecule has 0 amide bonds. The molecule has 0 radical (unpaired) electrons. The lowest BCUT2D eigenvalue weighted by atomic mass is 10.0. The Morgan fingerprint density at radius 3 is 2.36 bits per heavy atom. The Morgan fingerprint density at radius 2 is 1.75 bits per heavy atom. The molecule has 3 rings (SSSR count). The first-order chi connectivity index (χ1) is 13.2. The van der Waals surface area contributed by atoms with E-state index < -0.39 is 40.2 Å². The molecule has 2 heterocycles. The summed E-state index contributed by atoms with van der Waals surface area (Å²) in [5, 5.41) is 38.6. The smallest absolute Gasteiger partial charge is 0.295 e. The van der Waals surface area contributed by atoms with Gasteiger partial charge in [0.25, 0.3) is 10.1 Å². The maximum atomic E-state index is 11.4. The highest BCUT2D eigenvalue weighted by Crippen LogP contribution is 2.33. The Morgan fingerprint density at radius 1 is 1.07 bits per heavy atom. The van der Waals surface area contributed by atoms with Gasteiger partial charge in [0.1, 0.15) is 24.1 Å². The second-order valence-electron chi connectivity index (χ2n) is 6.04. The molecule has 1 aliphatic heterocycles. The van der Waals surface area contributed by atoms with Gasteiger partial charge in [-0.3, -0.25) is 9.54 Å². The highest BCUT2D eigenvalue weighted by Gasteiger charge is 2.50. The Bertz CT molecular complexity index is 989. The fraction of sp³-hybridized carbons (Fsp3) is 0.294. The summed E-state index contributed by atoms with van der Waals surface area (Å²) in [6.07, 6.45) is -4.78. The van der Waals surface area contributed by atoms with Gasteiger partial charge in [0.2, 0.25) is 11.7 Å². The molecule has 11 heteroatoms. The SMILES string of the molecule is N#Cc1ccc(-c2ccncc2O[C@@H]2OC(S(=O)(=O)O)[C@@H](O)[C@H](O)[C@H]2O)cc1. The Balaban J connectivity index is 1.92. The van der Waals surface area contributed by atoms with Crippen LogP contribution >= 0.6 is 0 Å². The molecule has 0 saturated carbocycles. The third kappa shape index (κ3) is 3.97. The van der Waals surface area contributed by atoms with Crippen LogP contribution in [0.5, 0.6) is 5.75 Å². The van der Waals surface area contributed by atoms with Crippen LogP contribution in [0.2, 0.25) is 0 Å². The molecule has 5 atom stereocenters. The number of aliphatic hydroxyl groups is 3. The molecule has 0 aliphatic carbocycles. The van der Waals surface area contributed by atoms with Gasteiger partial charge in [0.15, 0.2) is 0 Å². The monoisotopic (exact) mass is 408 g/mol. The molecule has 0 spiro atoms. The van der Waals surface area contributed by atoms with Crippen molar-refractivity contribution in [1.29, 1.82) is 5.26 Å².